The van der Waals surface area contributed by atoms with E-state index in [1.165, 1.54) is 18.2 Å². The number of nitrogens with zero attached hydrogens (tertiary/aromatic N) is 1. The molecule has 1 amide bonds. The van der Waals surface area contributed by atoms with Gasteiger partial charge in [0, 0.05) is 22.7 Å². The van der Waals surface area contributed by atoms with Crippen molar-refractivity contribution in [3.8, 4) is 0 Å². The molecule has 140 valence electrons. The lowest BCUT2D eigenvalue weighted by Crippen LogP contribution is -2.40. The van der Waals surface area contributed by atoms with E-state index in [0.717, 1.165) is 10.5 Å². The number of carbonyl (C=O) groups excluding carboxylic acids is 3. The monoisotopic (exact) mass is 388 g/mol. The Morgan fingerprint density at radius 1 is 1.22 bits per heavy atom. The molecule has 0 unspecified atom stereocenters. The zero-order valence-corrected chi connectivity index (χ0v) is 15.0. The van der Waals surface area contributed by atoms with Crippen LogP contribution in [0.2, 0.25) is 5.02 Å². The van der Waals surface area contributed by atoms with Crippen molar-refractivity contribution in [2.24, 2.45) is 0 Å². The highest BCUT2D eigenvalue weighted by Gasteiger charge is 2.40. The molecular formula is C19H17ClN2O5. The second-order valence-electron chi connectivity index (χ2n) is 5.98. The van der Waals surface area contributed by atoms with Gasteiger partial charge in [0.15, 0.2) is 12.5 Å². The molecular weight excluding hydrogens is 372 g/mol. The standard InChI is InChI=1S/C19H17ClN2O5/c20-13-6-7-14(15(21)8-13)17(23)9-16-18(24)27-11-22(16)19(25)26-10-12-4-2-1-3-5-12/h1-8,16H,9-11,21H2/t16-/m0/s1. The van der Waals surface area contributed by atoms with Gasteiger partial charge in [0.25, 0.3) is 0 Å². The summed E-state index contributed by atoms with van der Waals surface area (Å²) in [7, 11) is 0. The third-order valence-electron chi connectivity index (χ3n) is 4.13. The molecule has 1 aliphatic rings. The minimum absolute atomic E-state index is 0.0508. The number of carbonyl (C=O) groups is 3. The van der Waals surface area contributed by atoms with Gasteiger partial charge >= 0.3 is 12.1 Å². The topological polar surface area (TPSA) is 98.9 Å². The third-order valence-corrected chi connectivity index (χ3v) is 4.36. The summed E-state index contributed by atoms with van der Waals surface area (Å²) in [6.07, 6.45) is -0.989. The molecule has 7 nitrogen and oxygen atoms in total. The first kappa shape index (κ1) is 18.7. The van der Waals surface area contributed by atoms with Crippen molar-refractivity contribution in [2.45, 2.75) is 19.1 Å². The summed E-state index contributed by atoms with van der Waals surface area (Å²) in [5.74, 6) is -1.05. The molecule has 0 aliphatic carbocycles. The molecule has 0 aromatic heterocycles. The van der Waals surface area contributed by atoms with Gasteiger partial charge in [-0.2, -0.15) is 0 Å². The summed E-state index contributed by atoms with van der Waals surface area (Å²) in [5, 5.41) is 0.399. The van der Waals surface area contributed by atoms with Crippen LogP contribution in [0.3, 0.4) is 0 Å². The second kappa shape index (κ2) is 8.09. The lowest BCUT2D eigenvalue weighted by atomic mass is 10.0. The summed E-state index contributed by atoms with van der Waals surface area (Å²) >= 11 is 5.83. The van der Waals surface area contributed by atoms with Gasteiger partial charge in [0.2, 0.25) is 0 Å². The number of anilines is 1. The van der Waals surface area contributed by atoms with Gasteiger partial charge in [-0.25, -0.2) is 9.59 Å². The Labute approximate surface area is 160 Å². The van der Waals surface area contributed by atoms with Crippen LogP contribution in [-0.4, -0.2) is 35.5 Å². The van der Waals surface area contributed by atoms with Gasteiger partial charge in [0.05, 0.1) is 0 Å². The average Bonchev–Trinajstić information content (AvgIpc) is 3.01. The molecule has 1 atom stereocenters. The number of cyclic esters (lactones) is 1. The first-order chi connectivity index (χ1) is 13.0. The fourth-order valence-corrected chi connectivity index (χ4v) is 2.88. The molecule has 0 bridgehead atoms. The number of ketones is 1. The van der Waals surface area contributed by atoms with Crippen LogP contribution in [0.25, 0.3) is 0 Å². The number of esters is 1. The van der Waals surface area contributed by atoms with E-state index < -0.39 is 23.9 Å². The number of ether oxygens (including phenoxy) is 2. The maximum atomic E-state index is 12.5. The van der Waals surface area contributed by atoms with E-state index in [2.05, 4.69) is 0 Å². The smallest absolute Gasteiger partial charge is 0.413 e. The number of halogens is 1. The molecule has 1 heterocycles. The number of hydrogen-bond donors (Lipinski definition) is 1. The van der Waals surface area contributed by atoms with E-state index in [1.807, 2.05) is 30.3 Å². The number of benzene rings is 2. The largest absolute Gasteiger partial charge is 0.444 e. The fourth-order valence-electron chi connectivity index (χ4n) is 2.70. The molecule has 0 saturated carbocycles. The molecule has 2 aromatic rings. The van der Waals surface area contributed by atoms with Crippen LogP contribution in [-0.2, 0) is 20.9 Å². The van der Waals surface area contributed by atoms with E-state index in [0.29, 0.717) is 5.02 Å². The normalized spacial score (nSPS) is 16.1. The minimum atomic E-state index is -1.06. The van der Waals surface area contributed by atoms with E-state index in [9.17, 15) is 14.4 Å². The highest BCUT2D eigenvalue weighted by Crippen LogP contribution is 2.23. The van der Waals surface area contributed by atoms with Crippen molar-refractivity contribution >= 4 is 35.1 Å². The number of rotatable bonds is 5. The molecule has 2 aromatic carbocycles. The van der Waals surface area contributed by atoms with Gasteiger partial charge in [-0.15, -0.1) is 0 Å². The Morgan fingerprint density at radius 3 is 2.67 bits per heavy atom. The molecule has 2 N–H and O–H groups in total. The van der Waals surface area contributed by atoms with Crippen molar-refractivity contribution in [1.29, 1.82) is 0 Å². The quantitative estimate of drug-likeness (QED) is 0.480. The van der Waals surface area contributed by atoms with Gasteiger partial charge in [-0.05, 0) is 23.8 Å². The lowest BCUT2D eigenvalue weighted by Gasteiger charge is -2.19. The Balaban J connectivity index is 1.66. The fraction of sp³-hybridized carbons (Fsp3) is 0.211. The summed E-state index contributed by atoms with van der Waals surface area (Å²) in [5.41, 5.74) is 7.05. The van der Waals surface area contributed by atoms with Crippen LogP contribution in [0.5, 0.6) is 0 Å². The molecule has 1 fully saturated rings. The van der Waals surface area contributed by atoms with Crippen molar-refractivity contribution < 1.29 is 23.9 Å². The SMILES string of the molecule is Nc1cc(Cl)ccc1C(=O)C[C@H]1C(=O)OCN1C(=O)OCc1ccccc1. The Bertz CT molecular complexity index is 872. The molecule has 0 spiro atoms. The zero-order chi connectivity index (χ0) is 19.4. The van der Waals surface area contributed by atoms with E-state index in [1.54, 1.807) is 0 Å². The highest BCUT2D eigenvalue weighted by molar-refractivity contribution is 6.31. The second-order valence-corrected chi connectivity index (χ2v) is 6.41. The number of Topliss-reactive ketones (excluding diaryl/α,β-unsaturated/α-hetero) is 1. The maximum absolute atomic E-state index is 12.5. The van der Waals surface area contributed by atoms with Crippen molar-refractivity contribution in [2.75, 3.05) is 12.5 Å². The maximum Gasteiger partial charge on any atom is 0.413 e. The molecule has 1 saturated heterocycles. The Hall–Kier alpha value is -3.06. The first-order valence-electron chi connectivity index (χ1n) is 8.18. The van der Waals surface area contributed by atoms with Crippen molar-refractivity contribution in [1.82, 2.24) is 4.90 Å². The average molecular weight is 389 g/mol. The van der Waals surface area contributed by atoms with Crippen LogP contribution < -0.4 is 5.73 Å². The Morgan fingerprint density at radius 2 is 1.96 bits per heavy atom. The number of amides is 1. The molecule has 27 heavy (non-hydrogen) atoms. The van der Waals surface area contributed by atoms with Crippen LogP contribution >= 0.6 is 11.6 Å². The number of nitrogens with two attached hydrogens (primary N) is 1. The molecule has 3 rings (SSSR count). The van der Waals surface area contributed by atoms with Gasteiger partial charge in [-0.3, -0.25) is 9.69 Å². The molecule has 8 heteroatoms. The van der Waals surface area contributed by atoms with Gasteiger partial charge < -0.3 is 15.2 Å². The van der Waals surface area contributed by atoms with E-state index >= 15 is 0 Å². The predicted octanol–water partition coefficient (Wildman–Crippen LogP) is 3.02. The summed E-state index contributed by atoms with van der Waals surface area (Å²) in [6.45, 7) is -0.213. The van der Waals surface area contributed by atoms with Crippen LogP contribution in [0.4, 0.5) is 10.5 Å². The number of nitrogen functional groups attached to an aromatic ring is 1. The third kappa shape index (κ3) is 4.38. The minimum Gasteiger partial charge on any atom is -0.444 e. The molecule has 0 radical (unpaired) electrons. The van der Waals surface area contributed by atoms with Gasteiger partial charge in [0.1, 0.15) is 12.6 Å². The first-order valence-corrected chi connectivity index (χ1v) is 8.55. The van der Waals surface area contributed by atoms with Crippen molar-refractivity contribution in [3.05, 3.63) is 64.7 Å². The number of hydrogen-bond acceptors (Lipinski definition) is 6. The lowest BCUT2D eigenvalue weighted by molar-refractivity contribution is -0.139. The molecule has 1 aliphatic heterocycles. The van der Waals surface area contributed by atoms with Crippen LogP contribution in [0.1, 0.15) is 22.3 Å². The van der Waals surface area contributed by atoms with Crippen LogP contribution in [0.15, 0.2) is 48.5 Å². The van der Waals surface area contributed by atoms with E-state index in [4.69, 9.17) is 26.8 Å². The summed E-state index contributed by atoms with van der Waals surface area (Å²) in [4.78, 5) is 37.9. The highest BCUT2D eigenvalue weighted by atomic mass is 35.5. The van der Waals surface area contributed by atoms with Crippen molar-refractivity contribution in [3.63, 3.8) is 0 Å². The zero-order valence-electron chi connectivity index (χ0n) is 14.3. The summed E-state index contributed by atoms with van der Waals surface area (Å²) < 4.78 is 10.1. The summed E-state index contributed by atoms with van der Waals surface area (Å²) in [6, 6.07) is 12.5. The van der Waals surface area contributed by atoms with E-state index in [-0.39, 0.29) is 31.0 Å². The predicted molar refractivity (Wildman–Crippen MR) is 98.0 cm³/mol. The van der Waals surface area contributed by atoms with Crippen LogP contribution in [0, 0.1) is 0 Å². The Kier molecular flexibility index (Phi) is 5.61. The van der Waals surface area contributed by atoms with Gasteiger partial charge in [-0.1, -0.05) is 41.9 Å².